The molecule has 19 heavy (non-hydrogen) atoms. The molecule has 2 amide bonds. The van der Waals surface area contributed by atoms with Gasteiger partial charge in [-0.3, -0.25) is 0 Å². The van der Waals surface area contributed by atoms with Crippen molar-refractivity contribution in [3.05, 3.63) is 0 Å². The number of carbonyl (C=O) groups is 2. The summed E-state index contributed by atoms with van der Waals surface area (Å²) in [6.45, 7) is 5.72. The van der Waals surface area contributed by atoms with Crippen molar-refractivity contribution in [1.29, 1.82) is 0 Å². The van der Waals surface area contributed by atoms with Crippen LogP contribution in [0.15, 0.2) is 0 Å². The molecule has 0 aliphatic carbocycles. The van der Waals surface area contributed by atoms with Crippen molar-refractivity contribution >= 4 is 12.0 Å². The summed E-state index contributed by atoms with van der Waals surface area (Å²) in [6, 6.07) is 0.0279. The number of rotatable bonds is 3. The first-order chi connectivity index (χ1) is 9.00. The van der Waals surface area contributed by atoms with Gasteiger partial charge in [-0.2, -0.15) is 0 Å². The molecule has 2 N–H and O–H groups in total. The van der Waals surface area contributed by atoms with Gasteiger partial charge < -0.3 is 25.0 Å². The minimum Gasteiger partial charge on any atom is -0.480 e. The zero-order valence-electron chi connectivity index (χ0n) is 11.2. The lowest BCUT2D eigenvalue weighted by atomic mass is 9.97. The third-order valence-electron chi connectivity index (χ3n) is 3.48. The van der Waals surface area contributed by atoms with Crippen LogP contribution in [0.1, 0.15) is 13.3 Å². The van der Waals surface area contributed by atoms with Crippen molar-refractivity contribution in [2.24, 2.45) is 0 Å². The molecule has 0 aromatic carbocycles. The summed E-state index contributed by atoms with van der Waals surface area (Å²) < 4.78 is 5.30. The highest BCUT2D eigenvalue weighted by Crippen LogP contribution is 2.25. The first kappa shape index (κ1) is 14.1. The molecule has 2 fully saturated rings. The molecule has 0 aromatic rings. The van der Waals surface area contributed by atoms with E-state index in [4.69, 9.17) is 9.84 Å². The van der Waals surface area contributed by atoms with Crippen LogP contribution in [-0.2, 0) is 9.53 Å². The number of amides is 2. The predicted molar refractivity (Wildman–Crippen MR) is 68.0 cm³/mol. The highest BCUT2D eigenvalue weighted by atomic mass is 16.5. The van der Waals surface area contributed by atoms with E-state index in [1.165, 1.54) is 0 Å². The molecule has 0 bridgehead atoms. The molecule has 2 rings (SSSR count). The Morgan fingerprint density at radius 3 is 2.68 bits per heavy atom. The molecule has 2 heterocycles. The molecule has 2 saturated heterocycles. The second-order valence-electron chi connectivity index (χ2n) is 5.36. The number of ether oxygens (including phenoxy) is 1. The van der Waals surface area contributed by atoms with Crippen LogP contribution in [-0.4, -0.2) is 78.4 Å². The Bertz CT molecular complexity index is 347. The van der Waals surface area contributed by atoms with Gasteiger partial charge in [-0.15, -0.1) is 0 Å². The molecule has 0 radical (unpaired) electrons. The number of urea groups is 1. The van der Waals surface area contributed by atoms with Crippen LogP contribution in [0.3, 0.4) is 0 Å². The average molecular weight is 271 g/mol. The van der Waals surface area contributed by atoms with E-state index in [1.807, 2.05) is 11.8 Å². The van der Waals surface area contributed by atoms with Crippen molar-refractivity contribution in [3.8, 4) is 0 Å². The highest BCUT2D eigenvalue weighted by Gasteiger charge is 2.44. The summed E-state index contributed by atoms with van der Waals surface area (Å²) in [5, 5.41) is 11.8. The number of carboxylic acids is 1. The Labute approximate surface area is 112 Å². The zero-order valence-corrected chi connectivity index (χ0v) is 11.2. The zero-order chi connectivity index (χ0) is 13.9. The highest BCUT2D eigenvalue weighted by molar-refractivity contribution is 5.76. The fourth-order valence-corrected chi connectivity index (χ4v) is 2.46. The number of nitrogens with zero attached hydrogens (tertiary/aromatic N) is 2. The monoisotopic (exact) mass is 271 g/mol. The first-order valence-corrected chi connectivity index (χ1v) is 6.60. The average Bonchev–Trinajstić information content (AvgIpc) is 2.61. The van der Waals surface area contributed by atoms with E-state index in [9.17, 15) is 9.59 Å². The van der Waals surface area contributed by atoms with Crippen LogP contribution in [0.25, 0.3) is 0 Å². The Morgan fingerprint density at radius 2 is 2.00 bits per heavy atom. The molecule has 0 aromatic heterocycles. The predicted octanol–water partition coefficient (Wildman–Crippen LogP) is -0.423. The third-order valence-corrected chi connectivity index (χ3v) is 3.48. The van der Waals surface area contributed by atoms with Crippen molar-refractivity contribution in [1.82, 2.24) is 15.1 Å². The van der Waals surface area contributed by atoms with E-state index in [2.05, 4.69) is 5.32 Å². The molecule has 108 valence electrons. The van der Waals surface area contributed by atoms with E-state index in [-0.39, 0.29) is 12.6 Å². The molecule has 2 aliphatic rings. The fraction of sp³-hybridized carbons (Fsp3) is 0.833. The van der Waals surface area contributed by atoms with Crippen molar-refractivity contribution in [2.45, 2.75) is 18.9 Å². The number of hydrogen-bond donors (Lipinski definition) is 2. The van der Waals surface area contributed by atoms with Crippen LogP contribution in [0.2, 0.25) is 0 Å². The quantitative estimate of drug-likeness (QED) is 0.728. The van der Waals surface area contributed by atoms with Gasteiger partial charge in [-0.25, -0.2) is 9.59 Å². The number of likely N-dealkylation sites (tertiary alicyclic amines) is 1. The maximum atomic E-state index is 12.2. The van der Waals surface area contributed by atoms with E-state index in [0.29, 0.717) is 13.1 Å². The van der Waals surface area contributed by atoms with Gasteiger partial charge >= 0.3 is 12.0 Å². The lowest BCUT2D eigenvalue weighted by Crippen LogP contribution is -2.65. The normalized spacial score (nSPS) is 22.6. The summed E-state index contributed by atoms with van der Waals surface area (Å²) in [6.07, 6.45) is 0.965. The lowest BCUT2D eigenvalue weighted by molar-refractivity contribution is -0.160. The first-order valence-electron chi connectivity index (χ1n) is 6.60. The van der Waals surface area contributed by atoms with Crippen molar-refractivity contribution in [2.75, 3.05) is 45.9 Å². The second-order valence-corrected chi connectivity index (χ2v) is 5.36. The van der Waals surface area contributed by atoms with E-state index >= 15 is 0 Å². The maximum Gasteiger partial charge on any atom is 0.329 e. The van der Waals surface area contributed by atoms with Gasteiger partial charge in [0.1, 0.15) is 12.2 Å². The molecule has 0 saturated carbocycles. The summed E-state index contributed by atoms with van der Waals surface area (Å²) in [4.78, 5) is 26.2. The van der Waals surface area contributed by atoms with Gasteiger partial charge in [0.25, 0.3) is 0 Å². The Morgan fingerprint density at radius 1 is 1.26 bits per heavy atom. The summed E-state index contributed by atoms with van der Waals surface area (Å²) in [5.74, 6) is -0.982. The number of carbonyl (C=O) groups excluding carboxylic acids is 1. The van der Waals surface area contributed by atoms with Gasteiger partial charge in [0.15, 0.2) is 0 Å². The van der Waals surface area contributed by atoms with E-state index in [1.54, 1.807) is 4.90 Å². The van der Waals surface area contributed by atoms with Gasteiger partial charge in [0.05, 0.1) is 13.1 Å². The molecule has 0 unspecified atom stereocenters. The maximum absolute atomic E-state index is 12.2. The third kappa shape index (κ3) is 3.57. The lowest BCUT2D eigenvalue weighted by Gasteiger charge is -2.48. The van der Waals surface area contributed by atoms with Crippen LogP contribution in [0.5, 0.6) is 0 Å². The Balaban J connectivity index is 1.78. The van der Waals surface area contributed by atoms with E-state index < -0.39 is 11.6 Å². The number of carboxylic acid groups (broad SMARTS) is 1. The number of hydrogen-bond acceptors (Lipinski definition) is 4. The summed E-state index contributed by atoms with van der Waals surface area (Å²) in [7, 11) is 0. The summed E-state index contributed by atoms with van der Waals surface area (Å²) >= 11 is 0. The Kier molecular flexibility index (Phi) is 4.26. The molecule has 0 atom stereocenters. The van der Waals surface area contributed by atoms with Crippen LogP contribution in [0, 0.1) is 0 Å². The molecule has 7 nitrogen and oxygen atoms in total. The topological polar surface area (TPSA) is 82.1 Å². The SMILES string of the molecule is CC1(OCC(=O)O)CN(C(=O)N2CCCNCC2)C1. The Hall–Kier alpha value is -1.34. The molecule has 2 aliphatic heterocycles. The van der Waals surface area contributed by atoms with Gasteiger partial charge in [-0.05, 0) is 19.9 Å². The van der Waals surface area contributed by atoms with Gasteiger partial charge in [-0.1, -0.05) is 0 Å². The molecular formula is C12H21N3O4. The van der Waals surface area contributed by atoms with Crippen molar-refractivity contribution in [3.63, 3.8) is 0 Å². The molecular weight excluding hydrogens is 250 g/mol. The van der Waals surface area contributed by atoms with Crippen LogP contribution < -0.4 is 5.32 Å². The minimum atomic E-state index is -0.982. The number of aliphatic carboxylic acids is 1. The largest absolute Gasteiger partial charge is 0.480 e. The van der Waals surface area contributed by atoms with Crippen LogP contribution >= 0.6 is 0 Å². The van der Waals surface area contributed by atoms with Gasteiger partial charge in [0.2, 0.25) is 0 Å². The smallest absolute Gasteiger partial charge is 0.329 e. The second kappa shape index (κ2) is 5.75. The fourth-order valence-electron chi connectivity index (χ4n) is 2.46. The van der Waals surface area contributed by atoms with Gasteiger partial charge in [0, 0.05) is 19.6 Å². The molecule has 0 spiro atoms. The minimum absolute atomic E-state index is 0.0279. The number of nitrogens with one attached hydrogen (secondary N) is 1. The standard InChI is InChI=1S/C12H21N3O4/c1-12(19-7-10(16)17)8-15(9-12)11(18)14-5-2-3-13-4-6-14/h13H,2-9H2,1H3,(H,16,17). The summed E-state index contributed by atoms with van der Waals surface area (Å²) in [5.41, 5.74) is -0.516. The van der Waals surface area contributed by atoms with E-state index in [0.717, 1.165) is 32.6 Å². The van der Waals surface area contributed by atoms with Crippen LogP contribution in [0.4, 0.5) is 4.79 Å². The van der Waals surface area contributed by atoms with Crippen molar-refractivity contribution < 1.29 is 19.4 Å². The molecule has 7 heteroatoms.